The van der Waals surface area contributed by atoms with Gasteiger partial charge in [0, 0.05) is 6.54 Å². The first-order chi connectivity index (χ1) is 18.3. The van der Waals surface area contributed by atoms with Gasteiger partial charge >= 0.3 is 5.97 Å². The third-order valence-corrected chi connectivity index (χ3v) is 6.31. The minimum atomic E-state index is -0.916. The number of allylic oxidation sites excluding steroid dienone is 2. The van der Waals surface area contributed by atoms with Crippen molar-refractivity contribution in [3.8, 4) is 11.5 Å². The number of benzene rings is 2. The van der Waals surface area contributed by atoms with E-state index >= 15 is 0 Å². The number of methoxy groups -OCH3 is 2. The lowest BCUT2D eigenvalue weighted by Gasteiger charge is -2.16. The van der Waals surface area contributed by atoms with E-state index in [1.54, 1.807) is 24.5 Å². The van der Waals surface area contributed by atoms with Gasteiger partial charge in [-0.1, -0.05) is 6.07 Å². The number of carbonyl (C=O) groups is 2. The molecule has 0 radical (unpaired) electrons. The van der Waals surface area contributed by atoms with Crippen LogP contribution in [0.2, 0.25) is 0 Å². The molecule has 9 heteroatoms. The second kappa shape index (κ2) is 11.7. The van der Waals surface area contributed by atoms with Gasteiger partial charge in [-0.3, -0.25) is 9.59 Å². The van der Waals surface area contributed by atoms with Crippen molar-refractivity contribution < 1.29 is 33.0 Å². The third kappa shape index (κ3) is 5.88. The van der Waals surface area contributed by atoms with E-state index in [4.69, 9.17) is 19.0 Å². The molecule has 1 heterocycles. The number of anilines is 1. The fourth-order valence-corrected chi connectivity index (χ4v) is 4.45. The Balaban J connectivity index is 1.67. The van der Waals surface area contributed by atoms with Gasteiger partial charge in [-0.05, 0) is 82.8 Å². The Morgan fingerprint density at radius 3 is 2.45 bits per heavy atom. The number of hydrogen-bond acceptors (Lipinski definition) is 6. The zero-order valence-electron chi connectivity index (χ0n) is 21.4. The van der Waals surface area contributed by atoms with Gasteiger partial charge in [-0.25, -0.2) is 4.39 Å². The number of carboxylic acid groups (broad SMARTS) is 1. The lowest BCUT2D eigenvalue weighted by atomic mass is 10.00. The highest BCUT2D eigenvalue weighted by Gasteiger charge is 2.26. The second-order valence-electron chi connectivity index (χ2n) is 8.76. The first-order valence-corrected chi connectivity index (χ1v) is 12.0. The number of aliphatic carboxylic acids is 1. The Bertz CT molecular complexity index is 1380. The molecule has 0 fully saturated rings. The van der Waals surface area contributed by atoms with Gasteiger partial charge in [-0.15, -0.1) is 0 Å². The molecule has 0 saturated carbocycles. The van der Waals surface area contributed by atoms with Crippen LogP contribution in [0.15, 0.2) is 58.7 Å². The average molecular weight is 521 g/mol. The molecular weight excluding hydrogens is 491 g/mol. The number of furan rings is 1. The Morgan fingerprint density at radius 2 is 1.82 bits per heavy atom. The van der Waals surface area contributed by atoms with E-state index in [2.05, 4.69) is 10.6 Å². The summed E-state index contributed by atoms with van der Waals surface area (Å²) >= 11 is 0. The van der Waals surface area contributed by atoms with E-state index in [-0.39, 0.29) is 37.7 Å². The quantitative estimate of drug-likeness (QED) is 0.312. The molecule has 0 atom stereocenters. The smallest absolute Gasteiger partial charge is 0.305 e. The molecule has 4 rings (SSSR count). The second-order valence-corrected chi connectivity index (χ2v) is 8.76. The van der Waals surface area contributed by atoms with E-state index in [1.165, 1.54) is 26.4 Å². The molecule has 1 aromatic heterocycles. The van der Waals surface area contributed by atoms with E-state index in [0.29, 0.717) is 28.5 Å². The number of halogens is 1. The lowest BCUT2D eigenvalue weighted by molar-refractivity contribution is -0.136. The van der Waals surface area contributed by atoms with Gasteiger partial charge in [-0.2, -0.15) is 0 Å². The summed E-state index contributed by atoms with van der Waals surface area (Å²) in [5.41, 5.74) is 5.26. The molecule has 0 saturated heterocycles. The van der Waals surface area contributed by atoms with Crippen molar-refractivity contribution in [3.63, 3.8) is 0 Å². The maximum absolute atomic E-state index is 14.2. The van der Waals surface area contributed by atoms with Crippen LogP contribution in [0.5, 0.6) is 11.5 Å². The van der Waals surface area contributed by atoms with Crippen LogP contribution < -0.4 is 20.1 Å². The molecule has 0 aliphatic heterocycles. The number of fused-ring (bicyclic) bond motifs is 1. The minimum absolute atomic E-state index is 0.0622. The van der Waals surface area contributed by atoms with Crippen LogP contribution in [0.3, 0.4) is 0 Å². The van der Waals surface area contributed by atoms with Crippen LogP contribution in [0.4, 0.5) is 10.1 Å². The predicted molar refractivity (Wildman–Crippen MR) is 142 cm³/mol. The first kappa shape index (κ1) is 26.5. The van der Waals surface area contributed by atoms with Crippen LogP contribution in [-0.2, 0) is 16.1 Å². The molecule has 0 spiro atoms. The molecule has 1 aliphatic carbocycles. The van der Waals surface area contributed by atoms with Gasteiger partial charge in [0.1, 0.15) is 28.8 Å². The largest absolute Gasteiger partial charge is 0.494 e. The van der Waals surface area contributed by atoms with Crippen LogP contribution in [-0.4, -0.2) is 37.7 Å². The fraction of sp³-hybridized carbons (Fsp3) is 0.241. The van der Waals surface area contributed by atoms with Crippen molar-refractivity contribution in [3.05, 3.63) is 82.6 Å². The molecule has 3 N–H and O–H groups in total. The average Bonchev–Trinajstić information content (AvgIpc) is 3.50. The summed E-state index contributed by atoms with van der Waals surface area (Å²) in [6.07, 6.45) is 3.50. The molecule has 1 aliphatic rings. The summed E-state index contributed by atoms with van der Waals surface area (Å²) in [6.45, 7) is 2.38. The molecule has 3 aromatic rings. The normalized spacial score (nSPS) is 13.4. The maximum Gasteiger partial charge on any atom is 0.305 e. The number of amides is 1. The van der Waals surface area contributed by atoms with Gasteiger partial charge < -0.3 is 29.6 Å². The van der Waals surface area contributed by atoms with Crippen LogP contribution in [0, 0.1) is 5.82 Å². The summed E-state index contributed by atoms with van der Waals surface area (Å²) in [6, 6.07) is 11.7. The van der Waals surface area contributed by atoms with Crippen molar-refractivity contribution in [2.75, 3.05) is 26.1 Å². The topological polar surface area (TPSA) is 110 Å². The summed E-state index contributed by atoms with van der Waals surface area (Å²) < 4.78 is 30.6. The van der Waals surface area contributed by atoms with Gasteiger partial charge in [0.15, 0.2) is 0 Å². The van der Waals surface area contributed by atoms with Crippen LogP contribution in [0.25, 0.3) is 17.2 Å². The number of hydrogen-bond donors (Lipinski definition) is 3. The number of ether oxygens (including phenoxy) is 2. The number of carbonyl (C=O) groups excluding carboxylic acids is 1. The number of carboxylic acids is 1. The first-order valence-electron chi connectivity index (χ1n) is 12.0. The molecule has 8 nitrogen and oxygen atoms in total. The van der Waals surface area contributed by atoms with Crippen molar-refractivity contribution in [2.45, 2.75) is 26.3 Å². The van der Waals surface area contributed by atoms with Gasteiger partial charge in [0.25, 0.3) is 0 Å². The van der Waals surface area contributed by atoms with Gasteiger partial charge in [0.05, 0.1) is 39.9 Å². The molecule has 2 aromatic carbocycles. The molecule has 198 valence electrons. The summed E-state index contributed by atoms with van der Waals surface area (Å²) in [7, 11) is 3.04. The third-order valence-electron chi connectivity index (χ3n) is 6.31. The Morgan fingerprint density at radius 1 is 1.08 bits per heavy atom. The highest BCUT2D eigenvalue weighted by molar-refractivity contribution is 6.08. The zero-order chi connectivity index (χ0) is 27.2. The van der Waals surface area contributed by atoms with Crippen molar-refractivity contribution >= 4 is 34.8 Å². The lowest BCUT2D eigenvalue weighted by Crippen LogP contribution is -2.22. The highest BCUT2D eigenvalue weighted by Crippen LogP contribution is 2.45. The summed E-state index contributed by atoms with van der Waals surface area (Å²) in [5.74, 6) is 0.113. The molecule has 38 heavy (non-hydrogen) atoms. The zero-order valence-corrected chi connectivity index (χ0v) is 21.4. The SMILES string of the molecule is COc1cc(C=C2C(C)=C(CC(=O)NCc3ccco3)c3cc(F)ccc32)cc(OC)c1NCCC(=O)O. The fourth-order valence-electron chi connectivity index (χ4n) is 4.45. The van der Waals surface area contributed by atoms with E-state index in [1.807, 2.05) is 25.1 Å². The van der Waals surface area contributed by atoms with E-state index in [0.717, 1.165) is 27.8 Å². The van der Waals surface area contributed by atoms with Crippen molar-refractivity contribution in [1.29, 1.82) is 0 Å². The van der Waals surface area contributed by atoms with E-state index < -0.39 is 5.97 Å². The monoisotopic (exact) mass is 520 g/mol. The standard InChI is InChI=1S/C29H29FN2O6/c1-17-22(11-18-12-25(36-2)29(26(13-18)37-3)31-9-8-28(34)35)21-7-6-19(30)14-24(21)23(17)15-27(33)32-16-20-5-4-10-38-20/h4-7,10-14,31H,8-9,15-16H2,1-3H3,(H,32,33)(H,34,35). The van der Waals surface area contributed by atoms with Crippen LogP contribution in [0.1, 0.15) is 42.2 Å². The summed E-state index contributed by atoms with van der Waals surface area (Å²) in [5, 5.41) is 14.9. The van der Waals surface area contributed by atoms with Crippen LogP contribution >= 0.6 is 0 Å². The highest BCUT2D eigenvalue weighted by atomic mass is 19.1. The summed E-state index contributed by atoms with van der Waals surface area (Å²) in [4.78, 5) is 23.7. The molecule has 0 unspecified atom stereocenters. The van der Waals surface area contributed by atoms with Gasteiger partial charge in [0.2, 0.25) is 5.91 Å². The number of nitrogens with one attached hydrogen (secondary N) is 2. The van der Waals surface area contributed by atoms with Crippen molar-refractivity contribution in [2.24, 2.45) is 0 Å². The number of rotatable bonds is 11. The Hall–Kier alpha value is -4.53. The van der Waals surface area contributed by atoms with E-state index in [9.17, 15) is 14.0 Å². The molecule has 1 amide bonds. The Kier molecular flexibility index (Phi) is 8.15. The molecular formula is C29H29FN2O6. The Labute approximate surface area is 219 Å². The predicted octanol–water partition coefficient (Wildman–Crippen LogP) is 5.36. The van der Waals surface area contributed by atoms with Crippen molar-refractivity contribution in [1.82, 2.24) is 5.32 Å². The maximum atomic E-state index is 14.2. The minimum Gasteiger partial charge on any atom is -0.494 e. The molecule has 0 bridgehead atoms.